The van der Waals surface area contributed by atoms with Crippen molar-refractivity contribution in [2.45, 2.75) is 4.90 Å². The Hall–Kier alpha value is -3.71. The third kappa shape index (κ3) is 4.15. The van der Waals surface area contributed by atoms with Crippen LogP contribution in [0.1, 0.15) is 15.9 Å². The van der Waals surface area contributed by atoms with Gasteiger partial charge in [-0.1, -0.05) is 78.3 Å². The number of hydrogen-bond donors (Lipinski definition) is 2. The molecule has 0 fully saturated rings. The number of nitrogens with one attached hydrogen (secondary N) is 1. The summed E-state index contributed by atoms with van der Waals surface area (Å²) in [6.45, 7) is 0. The molecule has 168 valence electrons. The molecule has 0 aliphatic rings. The van der Waals surface area contributed by atoms with Crippen molar-refractivity contribution >= 4 is 38.3 Å². The van der Waals surface area contributed by atoms with Gasteiger partial charge in [-0.15, -0.1) is 0 Å². The van der Waals surface area contributed by atoms with Gasteiger partial charge in [0.1, 0.15) is 4.90 Å². The zero-order valence-electron chi connectivity index (χ0n) is 17.8. The third-order valence-corrected chi connectivity index (χ3v) is 7.14. The Bertz CT molecular complexity index is 1640. The standard InChI is InChI=1S/C27H19ClN2O3S/c28-24-13-11-21(15-26(24)34(29,32)33)27(31)20-10-12-22-23(16-30-25(22)14-20)19-8-6-18(7-9-19)17-4-2-1-3-5-17/h1-16,30H,(H2,29,32,33). The minimum atomic E-state index is -4.04. The van der Waals surface area contributed by atoms with Crippen molar-refractivity contribution in [2.75, 3.05) is 0 Å². The molecule has 0 amide bonds. The van der Waals surface area contributed by atoms with Gasteiger partial charge in [0.15, 0.2) is 5.78 Å². The van der Waals surface area contributed by atoms with Crippen molar-refractivity contribution in [1.29, 1.82) is 0 Å². The molecule has 5 aromatic rings. The Kier molecular flexibility index (Phi) is 5.57. The third-order valence-electron chi connectivity index (χ3n) is 5.75. The number of ketones is 1. The number of carbonyl (C=O) groups is 1. The van der Waals surface area contributed by atoms with Crippen molar-refractivity contribution in [3.63, 3.8) is 0 Å². The SMILES string of the molecule is NS(=O)(=O)c1cc(C(=O)c2ccc3c(-c4ccc(-c5ccccc5)cc4)c[nH]c3c2)ccc1Cl. The molecule has 0 saturated heterocycles. The molecule has 0 aliphatic carbocycles. The Balaban J connectivity index is 1.47. The summed E-state index contributed by atoms with van der Waals surface area (Å²) in [5, 5.41) is 6.16. The highest BCUT2D eigenvalue weighted by atomic mass is 35.5. The van der Waals surface area contributed by atoms with Crippen molar-refractivity contribution in [3.05, 3.63) is 113 Å². The van der Waals surface area contributed by atoms with Crippen LogP contribution in [0.3, 0.4) is 0 Å². The van der Waals surface area contributed by atoms with Crippen molar-refractivity contribution in [2.24, 2.45) is 5.14 Å². The maximum Gasteiger partial charge on any atom is 0.239 e. The zero-order chi connectivity index (χ0) is 23.9. The van der Waals surface area contributed by atoms with Gasteiger partial charge >= 0.3 is 0 Å². The summed E-state index contributed by atoms with van der Waals surface area (Å²) in [6, 6.07) is 27.9. The van der Waals surface area contributed by atoms with Gasteiger partial charge in [-0.25, -0.2) is 13.6 Å². The van der Waals surface area contributed by atoms with Crippen LogP contribution >= 0.6 is 11.6 Å². The molecule has 7 heteroatoms. The summed E-state index contributed by atoms with van der Waals surface area (Å²) in [5.41, 5.74) is 5.78. The first kappa shape index (κ1) is 22.1. The Labute approximate surface area is 201 Å². The predicted octanol–water partition coefficient (Wildman–Crippen LogP) is 6.03. The van der Waals surface area contributed by atoms with Gasteiger partial charge in [-0.05, 0) is 41.0 Å². The number of sulfonamides is 1. The van der Waals surface area contributed by atoms with E-state index in [2.05, 4.69) is 41.4 Å². The maximum absolute atomic E-state index is 13.0. The molecule has 4 aromatic carbocycles. The molecule has 1 heterocycles. The quantitative estimate of drug-likeness (QED) is 0.297. The lowest BCUT2D eigenvalue weighted by atomic mass is 9.98. The van der Waals surface area contributed by atoms with Crippen LogP contribution in [0.4, 0.5) is 0 Å². The molecule has 0 aliphatic heterocycles. The number of carbonyl (C=O) groups excluding carboxylic acids is 1. The summed E-state index contributed by atoms with van der Waals surface area (Å²) in [7, 11) is -4.04. The molecule has 5 rings (SSSR count). The van der Waals surface area contributed by atoms with E-state index in [1.165, 1.54) is 18.2 Å². The lowest BCUT2D eigenvalue weighted by molar-refractivity contribution is 0.103. The van der Waals surface area contributed by atoms with Crippen LogP contribution in [0.25, 0.3) is 33.2 Å². The summed E-state index contributed by atoms with van der Waals surface area (Å²) >= 11 is 5.94. The van der Waals surface area contributed by atoms with Gasteiger partial charge in [0.25, 0.3) is 0 Å². The van der Waals surface area contributed by atoms with Crippen LogP contribution in [-0.2, 0) is 10.0 Å². The average molecular weight is 487 g/mol. The van der Waals surface area contributed by atoms with Gasteiger partial charge in [0.05, 0.1) is 5.02 Å². The second-order valence-corrected chi connectivity index (χ2v) is 9.86. The van der Waals surface area contributed by atoms with Crippen LogP contribution in [0.15, 0.2) is 102 Å². The molecule has 1 aromatic heterocycles. The normalized spacial score (nSPS) is 11.6. The fourth-order valence-electron chi connectivity index (χ4n) is 4.01. The van der Waals surface area contributed by atoms with E-state index in [0.717, 1.165) is 33.2 Å². The molecular weight excluding hydrogens is 468 g/mol. The zero-order valence-corrected chi connectivity index (χ0v) is 19.4. The molecule has 0 atom stereocenters. The predicted molar refractivity (Wildman–Crippen MR) is 135 cm³/mol. The molecule has 5 nitrogen and oxygen atoms in total. The van der Waals surface area contributed by atoms with Crippen LogP contribution in [0.2, 0.25) is 5.02 Å². The summed E-state index contributed by atoms with van der Waals surface area (Å²) < 4.78 is 23.5. The van der Waals surface area contributed by atoms with Gasteiger partial charge in [0, 0.05) is 33.8 Å². The lowest BCUT2D eigenvalue weighted by Crippen LogP contribution is -2.14. The first-order valence-corrected chi connectivity index (χ1v) is 12.4. The second kappa shape index (κ2) is 8.57. The average Bonchev–Trinajstić information content (AvgIpc) is 3.27. The molecule has 0 spiro atoms. The number of hydrogen-bond acceptors (Lipinski definition) is 3. The highest BCUT2D eigenvalue weighted by Crippen LogP contribution is 2.32. The Morgan fingerprint density at radius 2 is 1.38 bits per heavy atom. The van der Waals surface area contributed by atoms with E-state index in [1.807, 2.05) is 30.5 Å². The van der Waals surface area contributed by atoms with Crippen molar-refractivity contribution in [1.82, 2.24) is 4.98 Å². The Morgan fingerprint density at radius 1 is 0.765 bits per heavy atom. The van der Waals surface area contributed by atoms with Crippen LogP contribution in [0.5, 0.6) is 0 Å². The fourth-order valence-corrected chi connectivity index (χ4v) is 5.08. The number of halogens is 1. The van der Waals surface area contributed by atoms with E-state index in [1.54, 1.807) is 12.1 Å². The lowest BCUT2D eigenvalue weighted by Gasteiger charge is -2.07. The molecule has 0 saturated carbocycles. The van der Waals surface area contributed by atoms with E-state index >= 15 is 0 Å². The van der Waals surface area contributed by atoms with Crippen molar-refractivity contribution < 1.29 is 13.2 Å². The molecule has 3 N–H and O–H groups in total. The monoisotopic (exact) mass is 486 g/mol. The van der Waals surface area contributed by atoms with Crippen LogP contribution in [-0.4, -0.2) is 19.2 Å². The molecule has 0 unspecified atom stereocenters. The van der Waals surface area contributed by atoms with E-state index in [-0.39, 0.29) is 21.3 Å². The van der Waals surface area contributed by atoms with E-state index < -0.39 is 10.0 Å². The van der Waals surface area contributed by atoms with Crippen molar-refractivity contribution in [3.8, 4) is 22.3 Å². The van der Waals surface area contributed by atoms with Crippen LogP contribution in [0, 0.1) is 0 Å². The summed E-state index contributed by atoms with van der Waals surface area (Å²) in [6.07, 6.45) is 1.91. The smallest absolute Gasteiger partial charge is 0.239 e. The van der Waals surface area contributed by atoms with Gasteiger partial charge < -0.3 is 4.98 Å². The van der Waals surface area contributed by atoms with Gasteiger partial charge in [-0.3, -0.25) is 4.79 Å². The molecule has 34 heavy (non-hydrogen) atoms. The minimum absolute atomic E-state index is 0.0261. The van der Waals surface area contributed by atoms with Gasteiger partial charge in [0.2, 0.25) is 10.0 Å². The number of rotatable bonds is 5. The highest BCUT2D eigenvalue weighted by Gasteiger charge is 2.18. The molecular formula is C27H19ClN2O3S. The van der Waals surface area contributed by atoms with Crippen LogP contribution < -0.4 is 5.14 Å². The molecule has 0 radical (unpaired) electrons. The number of H-pyrrole nitrogens is 1. The number of benzene rings is 4. The number of fused-ring (bicyclic) bond motifs is 1. The first-order chi connectivity index (χ1) is 16.3. The fraction of sp³-hybridized carbons (Fsp3) is 0. The minimum Gasteiger partial charge on any atom is -0.361 e. The summed E-state index contributed by atoms with van der Waals surface area (Å²) in [5.74, 6) is -0.327. The topological polar surface area (TPSA) is 93.0 Å². The Morgan fingerprint density at radius 3 is 2.09 bits per heavy atom. The number of aromatic amines is 1. The van der Waals surface area contributed by atoms with E-state index in [0.29, 0.717) is 5.56 Å². The number of aromatic nitrogens is 1. The first-order valence-electron chi connectivity index (χ1n) is 10.5. The number of nitrogens with two attached hydrogens (primary N) is 1. The van der Waals surface area contributed by atoms with E-state index in [4.69, 9.17) is 16.7 Å². The largest absolute Gasteiger partial charge is 0.361 e. The number of primary sulfonamides is 1. The molecule has 0 bridgehead atoms. The van der Waals surface area contributed by atoms with Gasteiger partial charge in [-0.2, -0.15) is 0 Å². The summed E-state index contributed by atoms with van der Waals surface area (Å²) in [4.78, 5) is 16.0. The van der Waals surface area contributed by atoms with E-state index in [9.17, 15) is 13.2 Å². The highest BCUT2D eigenvalue weighted by molar-refractivity contribution is 7.89. The second-order valence-electron chi connectivity index (χ2n) is 7.93. The maximum atomic E-state index is 13.0.